The lowest BCUT2D eigenvalue weighted by Crippen LogP contribution is -2.48. The lowest BCUT2D eigenvalue weighted by molar-refractivity contribution is -0.130. The number of hydrogen-bond donors (Lipinski definition) is 2. The molecule has 28 heavy (non-hydrogen) atoms. The van der Waals surface area contributed by atoms with Crippen molar-refractivity contribution in [2.24, 2.45) is 11.7 Å². The van der Waals surface area contributed by atoms with Crippen molar-refractivity contribution in [3.05, 3.63) is 71.3 Å². The molecule has 0 bridgehead atoms. The summed E-state index contributed by atoms with van der Waals surface area (Å²) in [5.74, 6) is -0.710. The smallest absolute Gasteiger partial charge is 0.240 e. The van der Waals surface area contributed by atoms with Crippen LogP contribution in [0.1, 0.15) is 53.6 Å². The Morgan fingerprint density at radius 3 is 2.11 bits per heavy atom. The highest BCUT2D eigenvalue weighted by Gasteiger charge is 2.25. The number of nitrogens with two attached hydrogens (primary N) is 1. The van der Waals surface area contributed by atoms with Gasteiger partial charge in [-0.15, -0.1) is 0 Å². The minimum atomic E-state index is -0.745. The first-order valence-electron chi connectivity index (χ1n) is 9.83. The molecule has 2 amide bonds. The average molecular weight is 378 g/mol. The van der Waals surface area contributed by atoms with Gasteiger partial charge in [0.15, 0.2) is 5.78 Å². The van der Waals surface area contributed by atoms with Crippen molar-refractivity contribution >= 4 is 17.6 Å². The second-order valence-electron chi connectivity index (χ2n) is 7.39. The molecular weight excluding hydrogens is 352 g/mol. The Kier molecular flexibility index (Phi) is 6.58. The van der Waals surface area contributed by atoms with Gasteiger partial charge in [0.05, 0.1) is 0 Å². The number of benzene rings is 2. The fraction of sp³-hybridized carbons (Fsp3) is 0.348. The van der Waals surface area contributed by atoms with E-state index in [1.807, 2.05) is 18.2 Å². The lowest BCUT2D eigenvalue weighted by Gasteiger charge is -2.23. The molecule has 3 rings (SSSR count). The topological polar surface area (TPSA) is 89.3 Å². The highest BCUT2D eigenvalue weighted by molar-refractivity contribution is 6.08. The summed E-state index contributed by atoms with van der Waals surface area (Å²) < 4.78 is 0. The standard InChI is InChI=1S/C23H26N2O3/c24-22(27)20(25-23(28)19-9-5-2-6-10-19)15-16-11-13-18(14-12-16)21(26)17-7-3-1-4-8-17/h1,3-4,7-8,11-14,19-20H,2,5-6,9-10,15H2,(H2,24,27)(H,25,28)/t20-/m0/s1. The molecule has 146 valence electrons. The van der Waals surface area contributed by atoms with Crippen LogP contribution in [0.25, 0.3) is 0 Å². The van der Waals surface area contributed by atoms with Gasteiger partial charge in [-0.05, 0) is 18.4 Å². The van der Waals surface area contributed by atoms with E-state index >= 15 is 0 Å². The zero-order chi connectivity index (χ0) is 19.9. The number of amides is 2. The largest absolute Gasteiger partial charge is 0.368 e. The first kappa shape index (κ1) is 19.8. The third-order valence-electron chi connectivity index (χ3n) is 5.33. The van der Waals surface area contributed by atoms with Crippen molar-refractivity contribution in [3.63, 3.8) is 0 Å². The zero-order valence-corrected chi connectivity index (χ0v) is 15.9. The predicted octanol–water partition coefficient (Wildman–Crippen LogP) is 3.01. The van der Waals surface area contributed by atoms with Crippen LogP contribution >= 0.6 is 0 Å². The molecule has 1 saturated carbocycles. The van der Waals surface area contributed by atoms with E-state index in [0.717, 1.165) is 37.7 Å². The van der Waals surface area contributed by atoms with Crippen LogP contribution in [-0.4, -0.2) is 23.6 Å². The van der Waals surface area contributed by atoms with Crippen LogP contribution in [0.15, 0.2) is 54.6 Å². The van der Waals surface area contributed by atoms with Gasteiger partial charge in [-0.2, -0.15) is 0 Å². The number of rotatable bonds is 7. The highest BCUT2D eigenvalue weighted by atomic mass is 16.2. The summed E-state index contributed by atoms with van der Waals surface area (Å²) in [6.07, 6.45) is 5.32. The lowest BCUT2D eigenvalue weighted by atomic mass is 9.88. The molecule has 0 radical (unpaired) electrons. The third kappa shape index (κ3) is 5.06. The number of primary amides is 1. The van der Waals surface area contributed by atoms with Crippen molar-refractivity contribution < 1.29 is 14.4 Å². The van der Waals surface area contributed by atoms with Crippen LogP contribution in [0.5, 0.6) is 0 Å². The van der Waals surface area contributed by atoms with Crippen molar-refractivity contribution in [3.8, 4) is 0 Å². The fourth-order valence-electron chi connectivity index (χ4n) is 3.66. The van der Waals surface area contributed by atoms with E-state index in [1.54, 1.807) is 36.4 Å². The molecule has 5 heteroatoms. The van der Waals surface area contributed by atoms with E-state index in [2.05, 4.69) is 5.32 Å². The molecule has 0 spiro atoms. The SMILES string of the molecule is NC(=O)[C@H](Cc1ccc(C(=O)c2ccccc2)cc1)NC(=O)C1CCCCC1. The van der Waals surface area contributed by atoms with Crippen LogP contribution < -0.4 is 11.1 Å². The fourth-order valence-corrected chi connectivity index (χ4v) is 3.66. The van der Waals surface area contributed by atoms with Gasteiger partial charge in [-0.1, -0.05) is 73.9 Å². The van der Waals surface area contributed by atoms with Crippen LogP contribution in [0.2, 0.25) is 0 Å². The molecule has 1 aliphatic carbocycles. The number of carbonyl (C=O) groups excluding carboxylic acids is 3. The maximum Gasteiger partial charge on any atom is 0.240 e. The summed E-state index contributed by atoms with van der Waals surface area (Å²) in [5.41, 5.74) is 7.56. The molecule has 0 aliphatic heterocycles. The molecule has 0 heterocycles. The molecule has 1 fully saturated rings. The summed E-state index contributed by atoms with van der Waals surface area (Å²) in [6, 6.07) is 15.4. The second-order valence-corrected chi connectivity index (χ2v) is 7.39. The van der Waals surface area contributed by atoms with E-state index < -0.39 is 11.9 Å². The Bertz CT molecular complexity index is 825. The van der Waals surface area contributed by atoms with Crippen LogP contribution in [0.3, 0.4) is 0 Å². The Balaban J connectivity index is 1.64. The van der Waals surface area contributed by atoms with Gasteiger partial charge in [-0.3, -0.25) is 14.4 Å². The van der Waals surface area contributed by atoms with Crippen molar-refractivity contribution in [2.75, 3.05) is 0 Å². The summed E-state index contributed by atoms with van der Waals surface area (Å²) >= 11 is 0. The van der Waals surface area contributed by atoms with Gasteiger partial charge < -0.3 is 11.1 Å². The van der Waals surface area contributed by atoms with Crippen molar-refractivity contribution in [1.29, 1.82) is 0 Å². The molecule has 3 N–H and O–H groups in total. The third-order valence-corrected chi connectivity index (χ3v) is 5.33. The zero-order valence-electron chi connectivity index (χ0n) is 15.9. The first-order valence-corrected chi connectivity index (χ1v) is 9.83. The minimum Gasteiger partial charge on any atom is -0.368 e. The summed E-state index contributed by atoms with van der Waals surface area (Å²) in [4.78, 5) is 36.8. The number of ketones is 1. The summed E-state index contributed by atoms with van der Waals surface area (Å²) in [6.45, 7) is 0. The molecule has 0 aromatic heterocycles. The number of hydrogen-bond acceptors (Lipinski definition) is 3. The molecule has 0 unspecified atom stereocenters. The molecule has 1 aliphatic rings. The second kappa shape index (κ2) is 9.31. The van der Waals surface area contributed by atoms with Crippen molar-refractivity contribution in [2.45, 2.75) is 44.6 Å². The Morgan fingerprint density at radius 2 is 1.50 bits per heavy atom. The maximum absolute atomic E-state index is 12.5. The summed E-state index contributed by atoms with van der Waals surface area (Å²) in [7, 11) is 0. The summed E-state index contributed by atoms with van der Waals surface area (Å²) in [5, 5.41) is 2.82. The van der Waals surface area contributed by atoms with Gasteiger partial charge in [0.2, 0.25) is 11.8 Å². The molecule has 0 saturated heterocycles. The van der Waals surface area contributed by atoms with Crippen LogP contribution in [0.4, 0.5) is 0 Å². The predicted molar refractivity (Wildman–Crippen MR) is 108 cm³/mol. The van der Waals surface area contributed by atoms with E-state index in [0.29, 0.717) is 17.5 Å². The number of carbonyl (C=O) groups is 3. The van der Waals surface area contributed by atoms with Crippen LogP contribution in [0, 0.1) is 5.92 Å². The normalized spacial score (nSPS) is 15.6. The Labute approximate surface area is 165 Å². The number of nitrogens with one attached hydrogen (secondary N) is 1. The van der Waals surface area contributed by atoms with Crippen molar-refractivity contribution in [1.82, 2.24) is 5.32 Å². The first-order chi connectivity index (χ1) is 13.5. The maximum atomic E-state index is 12.5. The van der Waals surface area contributed by atoms with Gasteiger partial charge in [0.1, 0.15) is 6.04 Å². The van der Waals surface area contributed by atoms with Gasteiger partial charge in [-0.25, -0.2) is 0 Å². The van der Waals surface area contributed by atoms with E-state index in [-0.39, 0.29) is 17.6 Å². The Hall–Kier alpha value is -2.95. The van der Waals surface area contributed by atoms with Gasteiger partial charge >= 0.3 is 0 Å². The minimum absolute atomic E-state index is 0.0264. The van der Waals surface area contributed by atoms with E-state index in [1.165, 1.54) is 0 Å². The monoisotopic (exact) mass is 378 g/mol. The van der Waals surface area contributed by atoms with E-state index in [9.17, 15) is 14.4 Å². The molecule has 5 nitrogen and oxygen atoms in total. The molecular formula is C23H26N2O3. The quantitative estimate of drug-likeness (QED) is 0.726. The average Bonchev–Trinajstić information content (AvgIpc) is 2.74. The molecule has 2 aromatic rings. The van der Waals surface area contributed by atoms with Gasteiger partial charge in [0.25, 0.3) is 0 Å². The molecule has 2 aromatic carbocycles. The molecule has 1 atom stereocenters. The van der Waals surface area contributed by atoms with Gasteiger partial charge in [0, 0.05) is 23.5 Å². The highest BCUT2D eigenvalue weighted by Crippen LogP contribution is 2.24. The van der Waals surface area contributed by atoms with E-state index in [4.69, 9.17) is 5.73 Å². The van der Waals surface area contributed by atoms with Crippen LogP contribution in [-0.2, 0) is 16.0 Å². The Morgan fingerprint density at radius 1 is 0.893 bits per heavy atom.